The zero-order valence-corrected chi connectivity index (χ0v) is 15.8. The van der Waals surface area contributed by atoms with E-state index in [-0.39, 0.29) is 10.9 Å². The molecule has 3 aromatic rings. The third-order valence-electron chi connectivity index (χ3n) is 4.06. The summed E-state index contributed by atoms with van der Waals surface area (Å²) in [5.41, 5.74) is 3.35. The fraction of sp³-hybridized carbons (Fsp3) is 0.200. The summed E-state index contributed by atoms with van der Waals surface area (Å²) >= 11 is 1.10. The predicted molar refractivity (Wildman–Crippen MR) is 110 cm³/mol. The van der Waals surface area contributed by atoms with Crippen LogP contribution in [-0.2, 0) is 0 Å². The zero-order chi connectivity index (χ0) is 19.1. The first-order chi connectivity index (χ1) is 13.2. The summed E-state index contributed by atoms with van der Waals surface area (Å²) in [6.07, 6.45) is 3.67. The maximum Gasteiger partial charge on any atom is 0.341 e. The molecule has 0 saturated heterocycles. The minimum atomic E-state index is -0.246. The number of aromatic amines is 1. The molecule has 3 N–H and O–H groups in total. The van der Waals surface area contributed by atoms with E-state index in [9.17, 15) is 9.70 Å². The van der Waals surface area contributed by atoms with Crippen molar-refractivity contribution in [2.75, 3.05) is 17.2 Å². The van der Waals surface area contributed by atoms with Gasteiger partial charge in [0.2, 0.25) is 5.00 Å². The molecule has 0 aliphatic carbocycles. The van der Waals surface area contributed by atoms with Gasteiger partial charge in [-0.15, -0.1) is 4.91 Å². The van der Waals surface area contributed by atoms with Crippen molar-refractivity contribution in [1.29, 1.82) is 0 Å². The van der Waals surface area contributed by atoms with Gasteiger partial charge in [-0.05, 0) is 52.3 Å². The molecule has 7 heteroatoms. The number of nitrogens with one attached hydrogen (secondary N) is 3. The lowest BCUT2D eigenvalue weighted by Crippen LogP contribution is -2.17. The second-order valence-electron chi connectivity index (χ2n) is 6.01. The van der Waals surface area contributed by atoms with Crippen LogP contribution in [-0.4, -0.2) is 12.5 Å². The van der Waals surface area contributed by atoms with Crippen molar-refractivity contribution in [3.63, 3.8) is 0 Å². The molecule has 2 aromatic carbocycles. The number of rotatable bonds is 8. The smallest absolute Gasteiger partial charge is 0.341 e. The van der Waals surface area contributed by atoms with Crippen LogP contribution >= 0.6 is 11.3 Å². The standard InChI is InChI=1S/C20H20N4O2S/c1-2-3-11-21-15-9-10-16(17(12-15)14-7-5-4-6-8-14)19(25)23-20-22-13-18(24-26)27-20/h4-10,12-13,21H,2-3,11H2,1H3,(H,22,23,25)/p+1. The van der Waals surface area contributed by atoms with Crippen molar-refractivity contribution in [3.05, 3.63) is 65.2 Å². The Hall–Kier alpha value is -3.06. The summed E-state index contributed by atoms with van der Waals surface area (Å²) in [6.45, 7) is 3.04. The molecule has 1 heterocycles. The van der Waals surface area contributed by atoms with Crippen LogP contribution in [0.1, 0.15) is 30.1 Å². The highest BCUT2D eigenvalue weighted by atomic mass is 32.1. The molecule has 0 unspecified atom stereocenters. The van der Waals surface area contributed by atoms with E-state index in [4.69, 9.17) is 0 Å². The Kier molecular flexibility index (Phi) is 6.27. The number of hydrogen-bond donors (Lipinski definition) is 2. The summed E-state index contributed by atoms with van der Waals surface area (Å²) in [5, 5.41) is 9.81. The van der Waals surface area contributed by atoms with Crippen LogP contribution in [0.5, 0.6) is 0 Å². The number of thiazole rings is 1. The van der Waals surface area contributed by atoms with Crippen LogP contribution in [0.4, 0.5) is 15.8 Å². The molecular weight excluding hydrogens is 360 g/mol. The molecule has 0 atom stereocenters. The van der Waals surface area contributed by atoms with E-state index in [2.05, 4.69) is 27.7 Å². The van der Waals surface area contributed by atoms with Crippen molar-refractivity contribution < 1.29 is 9.78 Å². The molecule has 0 fully saturated rings. The third-order valence-corrected chi connectivity index (χ3v) is 4.88. The van der Waals surface area contributed by atoms with Gasteiger partial charge in [-0.3, -0.25) is 0 Å². The second-order valence-corrected chi connectivity index (χ2v) is 7.04. The van der Waals surface area contributed by atoms with E-state index < -0.39 is 0 Å². The Morgan fingerprint density at radius 3 is 2.70 bits per heavy atom. The van der Waals surface area contributed by atoms with E-state index in [0.29, 0.717) is 10.7 Å². The van der Waals surface area contributed by atoms with Crippen molar-refractivity contribution in [2.45, 2.75) is 19.8 Å². The number of nitrogens with zero attached hydrogens (tertiary/aromatic N) is 1. The van der Waals surface area contributed by atoms with Crippen LogP contribution in [0, 0.1) is 4.91 Å². The molecule has 6 nitrogen and oxygen atoms in total. The molecule has 0 aliphatic heterocycles. The molecule has 0 radical (unpaired) electrons. The lowest BCUT2D eigenvalue weighted by atomic mass is 9.98. The van der Waals surface area contributed by atoms with E-state index in [1.807, 2.05) is 48.5 Å². The number of benzene rings is 2. The number of carbonyl (C=O) groups is 1. The van der Waals surface area contributed by atoms with Crippen molar-refractivity contribution in [1.82, 2.24) is 0 Å². The van der Waals surface area contributed by atoms with Gasteiger partial charge >= 0.3 is 11.0 Å². The topological polar surface area (TPSA) is 84.7 Å². The molecule has 1 aromatic heterocycles. The Bertz CT molecular complexity index is 925. The fourth-order valence-corrected chi connectivity index (χ4v) is 3.31. The van der Waals surface area contributed by atoms with Gasteiger partial charge in [0.15, 0.2) is 0 Å². The first kappa shape index (κ1) is 18.7. The predicted octanol–water partition coefficient (Wildman–Crippen LogP) is 5.09. The van der Waals surface area contributed by atoms with Crippen molar-refractivity contribution in [2.24, 2.45) is 5.18 Å². The largest absolute Gasteiger partial charge is 0.385 e. The quantitative estimate of drug-likeness (QED) is 0.421. The van der Waals surface area contributed by atoms with Crippen LogP contribution in [0.3, 0.4) is 0 Å². The monoisotopic (exact) mass is 381 g/mol. The molecule has 138 valence electrons. The van der Waals surface area contributed by atoms with Gasteiger partial charge in [0.25, 0.3) is 0 Å². The number of carbonyl (C=O) groups excluding carboxylic acids is 1. The van der Waals surface area contributed by atoms with E-state index in [1.165, 1.54) is 6.20 Å². The highest BCUT2D eigenvalue weighted by molar-refractivity contribution is 7.18. The molecule has 0 spiro atoms. The molecule has 0 aliphatic rings. The van der Waals surface area contributed by atoms with E-state index >= 15 is 0 Å². The number of H-pyrrole nitrogens is 1. The van der Waals surface area contributed by atoms with Gasteiger partial charge in [-0.2, -0.15) is 5.32 Å². The lowest BCUT2D eigenvalue weighted by Gasteiger charge is -2.11. The Morgan fingerprint density at radius 1 is 1.19 bits per heavy atom. The summed E-state index contributed by atoms with van der Waals surface area (Å²) in [6, 6.07) is 15.5. The Morgan fingerprint density at radius 2 is 2.00 bits per heavy atom. The Balaban J connectivity index is 1.90. The van der Waals surface area contributed by atoms with E-state index in [1.54, 1.807) is 0 Å². The summed E-state index contributed by atoms with van der Waals surface area (Å²) in [7, 11) is 0. The van der Waals surface area contributed by atoms with Crippen LogP contribution < -0.4 is 15.6 Å². The second kappa shape index (κ2) is 9.05. The first-order valence-corrected chi connectivity index (χ1v) is 9.62. The highest BCUT2D eigenvalue weighted by Gasteiger charge is 2.20. The molecule has 3 rings (SSSR count). The fourth-order valence-electron chi connectivity index (χ4n) is 2.69. The molecule has 0 saturated carbocycles. The normalized spacial score (nSPS) is 10.4. The average Bonchev–Trinajstić information content (AvgIpc) is 3.16. The highest BCUT2D eigenvalue weighted by Crippen LogP contribution is 2.29. The van der Waals surface area contributed by atoms with E-state index in [0.717, 1.165) is 47.5 Å². The molecular formula is C20H21N4O2S+. The number of amides is 1. The third kappa shape index (κ3) is 4.77. The zero-order valence-electron chi connectivity index (χ0n) is 15.0. The minimum absolute atomic E-state index is 0.246. The van der Waals surface area contributed by atoms with Crippen LogP contribution in [0.25, 0.3) is 11.1 Å². The maximum absolute atomic E-state index is 12.8. The van der Waals surface area contributed by atoms with Crippen LogP contribution in [0.2, 0.25) is 0 Å². The van der Waals surface area contributed by atoms with Gasteiger partial charge in [0, 0.05) is 12.2 Å². The van der Waals surface area contributed by atoms with Gasteiger partial charge in [0.05, 0.1) is 5.56 Å². The molecule has 0 bridgehead atoms. The number of aromatic nitrogens is 1. The number of unbranched alkanes of at least 4 members (excludes halogenated alkanes) is 1. The van der Waals surface area contributed by atoms with Gasteiger partial charge in [0.1, 0.15) is 6.20 Å². The van der Waals surface area contributed by atoms with Gasteiger partial charge < -0.3 is 5.32 Å². The Labute approximate surface area is 161 Å². The van der Waals surface area contributed by atoms with Crippen molar-refractivity contribution >= 4 is 33.1 Å². The lowest BCUT2D eigenvalue weighted by molar-refractivity contribution is -0.353. The molecule has 1 amide bonds. The SMILES string of the molecule is CCCCNc1ccc(C(=O)Nc2[nH+]cc(N=O)s2)c(-c2ccccc2)c1. The number of hydrogen-bond acceptors (Lipinski definition) is 5. The average molecular weight is 381 g/mol. The summed E-state index contributed by atoms with van der Waals surface area (Å²) < 4.78 is 0. The first-order valence-electron chi connectivity index (χ1n) is 8.81. The van der Waals surface area contributed by atoms with Gasteiger partial charge in [-0.25, -0.2) is 9.78 Å². The van der Waals surface area contributed by atoms with Crippen LogP contribution in [0.15, 0.2) is 59.9 Å². The number of nitroso groups, excluding NO2 is 1. The number of anilines is 2. The maximum atomic E-state index is 12.8. The molecule has 27 heavy (non-hydrogen) atoms. The van der Waals surface area contributed by atoms with Gasteiger partial charge in [-0.1, -0.05) is 43.7 Å². The summed E-state index contributed by atoms with van der Waals surface area (Å²) in [5.74, 6) is -0.246. The minimum Gasteiger partial charge on any atom is -0.385 e. The summed E-state index contributed by atoms with van der Waals surface area (Å²) in [4.78, 5) is 26.2. The van der Waals surface area contributed by atoms with Crippen molar-refractivity contribution in [3.8, 4) is 11.1 Å².